The molecule has 0 aliphatic carbocycles. The molecule has 2 heterocycles. The van der Waals surface area contributed by atoms with E-state index in [0.717, 1.165) is 10.5 Å². The summed E-state index contributed by atoms with van der Waals surface area (Å²) in [6.45, 7) is 12.4. The fourth-order valence-corrected chi connectivity index (χ4v) is 10.4. The number of benzene rings is 2. The molecule has 2 aromatic rings. The van der Waals surface area contributed by atoms with E-state index in [1.165, 1.54) is 51.4 Å². The second-order valence-corrected chi connectivity index (χ2v) is 21.2. The van der Waals surface area contributed by atoms with E-state index in [1.807, 2.05) is 44.2 Å². The molecule has 0 saturated carbocycles. The van der Waals surface area contributed by atoms with Gasteiger partial charge >= 0.3 is 12.1 Å². The van der Waals surface area contributed by atoms with Crippen molar-refractivity contribution in [1.82, 2.24) is 30.7 Å². The second-order valence-electron chi connectivity index (χ2n) is 21.2. The number of terminal acetylenes is 1. The van der Waals surface area contributed by atoms with Crippen molar-refractivity contribution in [2.75, 3.05) is 48.5 Å². The van der Waals surface area contributed by atoms with Crippen LogP contribution in [0.4, 0.5) is 4.79 Å². The Morgan fingerprint density at radius 2 is 1.54 bits per heavy atom. The van der Waals surface area contributed by atoms with Crippen molar-refractivity contribution in [3.8, 4) is 23.8 Å². The molecule has 4 rings (SSSR count). The monoisotopic (exact) mass is 1120 g/mol. The van der Waals surface area contributed by atoms with Crippen molar-refractivity contribution in [2.45, 2.75) is 160 Å². The lowest BCUT2D eigenvalue weighted by Gasteiger charge is -2.41. The van der Waals surface area contributed by atoms with Gasteiger partial charge in [-0.3, -0.25) is 28.9 Å². The van der Waals surface area contributed by atoms with Gasteiger partial charge in [0.25, 0.3) is 0 Å². The summed E-state index contributed by atoms with van der Waals surface area (Å²) >= 11 is 0. The number of ether oxygens (including phenoxy) is 6. The van der Waals surface area contributed by atoms with E-state index in [-0.39, 0.29) is 54.2 Å². The lowest BCUT2D eigenvalue weighted by atomic mass is 9.89. The lowest BCUT2D eigenvalue weighted by Crippen LogP contribution is -2.61. The van der Waals surface area contributed by atoms with Gasteiger partial charge in [-0.2, -0.15) is 0 Å². The first kappa shape index (κ1) is 66.0. The van der Waals surface area contributed by atoms with Gasteiger partial charge in [-0.05, 0) is 48.3 Å². The van der Waals surface area contributed by atoms with Crippen LogP contribution in [-0.4, -0.2) is 198 Å². The molecule has 0 bridgehead atoms. The summed E-state index contributed by atoms with van der Waals surface area (Å²) in [4.78, 5) is 100. The van der Waals surface area contributed by atoms with Crippen molar-refractivity contribution in [1.29, 1.82) is 0 Å². The fourth-order valence-electron chi connectivity index (χ4n) is 10.4. The Kier molecular flexibility index (Phi) is 25.5. The third-order valence-corrected chi connectivity index (χ3v) is 15.0. The number of nitrogens with one attached hydrogen (secondary N) is 3. The molecule has 80 heavy (non-hydrogen) atoms. The van der Waals surface area contributed by atoms with Gasteiger partial charge in [0.15, 0.2) is 6.10 Å². The molecule has 7 N–H and O–H groups in total. The molecular formula is C57H84N6O17. The number of carboxylic acids is 1. The van der Waals surface area contributed by atoms with Crippen molar-refractivity contribution in [3.05, 3.63) is 59.7 Å². The summed E-state index contributed by atoms with van der Waals surface area (Å²) in [5, 5.41) is 48.6. The Bertz CT molecular complexity index is 2440. The van der Waals surface area contributed by atoms with E-state index < -0.39 is 127 Å². The van der Waals surface area contributed by atoms with Crippen molar-refractivity contribution in [3.63, 3.8) is 0 Å². The van der Waals surface area contributed by atoms with Gasteiger partial charge in [0.05, 0.1) is 36.6 Å². The normalized spacial score (nSPS) is 22.0. The molecule has 2 aromatic carbocycles. The standard InChI is InChI=1S/C57H84N6O17/c1-14-26-77-40-28-37(79-56-48(67)46(65)47(66)50(80-56)55(72)73)24-23-36(40)30-78-57(74)62(11)44(32(5)6)53(70)60-43(31(3)4)54(71)61(10)45(33(7)15-2)41(75-12)29-42(64)63-25-19-22-39(63)49(76-13)34(8)51(68)59-38(52(69)58-9)27-35-20-17-16-18-21-35/h1,16-18,20-21,23-24,28,31-34,38-39,41,43-50,56,65-67H,15,19,22,25-27,29-30H2,2-13H3,(H,58,69)(H,59,68)(H,60,70)(H,72,73)/t33?,34?,38?,39-,41?,43-,44-,45?,46-,47-,48+,49+,50-,56?/m0/s1. The minimum atomic E-state index is -1.93. The number of carbonyl (C=O) groups is 7. The highest BCUT2D eigenvalue weighted by atomic mass is 16.7. The first-order valence-electron chi connectivity index (χ1n) is 27.0. The predicted molar refractivity (Wildman–Crippen MR) is 291 cm³/mol. The zero-order valence-corrected chi connectivity index (χ0v) is 48.0. The summed E-state index contributed by atoms with van der Waals surface area (Å²) < 4.78 is 34.2. The van der Waals surface area contributed by atoms with Crippen LogP contribution < -0.4 is 25.4 Å². The van der Waals surface area contributed by atoms with E-state index in [2.05, 4.69) is 21.9 Å². The Morgan fingerprint density at radius 1 is 0.863 bits per heavy atom. The SMILES string of the molecule is C#CCOc1cc(OC2O[C@H](C(=O)O)[C@@H](O)[C@H](O)[C@H]2O)ccc1COC(=O)N(C)[C@H](C(=O)N[C@H](C(=O)N(C)C(C(C)CC)C(CC(=O)N1CCC[C@H]1[C@H](OC)C(C)C(=O)NC(Cc1ccccc1)C(=O)NC)OC)C(C)C)C(C)C. The Balaban J connectivity index is 1.47. The van der Waals surface area contributed by atoms with E-state index in [0.29, 0.717) is 25.8 Å². The molecule has 23 nitrogen and oxygen atoms in total. The fraction of sp³-hybridized carbons (Fsp3) is 0.632. The van der Waals surface area contributed by atoms with Gasteiger partial charge in [-0.15, -0.1) is 6.42 Å². The second kappa shape index (κ2) is 30.9. The molecule has 14 atom stereocenters. The molecule has 2 fully saturated rings. The maximum absolute atomic E-state index is 14.8. The summed E-state index contributed by atoms with van der Waals surface area (Å²) in [5.41, 5.74) is 1.15. The smallest absolute Gasteiger partial charge is 0.410 e. The molecule has 0 spiro atoms. The minimum absolute atomic E-state index is 0.0321. The van der Waals surface area contributed by atoms with Gasteiger partial charge in [0, 0.05) is 60.0 Å². The van der Waals surface area contributed by atoms with Crippen LogP contribution in [0.5, 0.6) is 11.5 Å². The van der Waals surface area contributed by atoms with Crippen LogP contribution in [-0.2, 0) is 60.7 Å². The quantitative estimate of drug-likeness (QED) is 0.0600. The number of amides is 6. The van der Waals surface area contributed by atoms with E-state index in [1.54, 1.807) is 46.6 Å². The molecule has 444 valence electrons. The highest BCUT2D eigenvalue weighted by molar-refractivity contribution is 5.92. The molecular weight excluding hydrogens is 1040 g/mol. The molecule has 0 radical (unpaired) electrons. The van der Waals surface area contributed by atoms with E-state index in [9.17, 15) is 54.0 Å². The molecule has 2 aliphatic heterocycles. The van der Waals surface area contributed by atoms with Gasteiger partial charge < -0.3 is 74.6 Å². The van der Waals surface area contributed by atoms with Crippen LogP contribution in [0, 0.1) is 36.0 Å². The average Bonchev–Trinajstić information content (AvgIpc) is 4.00. The topological polar surface area (TPSA) is 302 Å². The summed E-state index contributed by atoms with van der Waals surface area (Å²) in [5.74, 6) is -3.22. The van der Waals surface area contributed by atoms with Crippen LogP contribution >= 0.6 is 0 Å². The van der Waals surface area contributed by atoms with Crippen LogP contribution in [0.2, 0.25) is 0 Å². The van der Waals surface area contributed by atoms with Gasteiger partial charge in [-0.1, -0.05) is 91.1 Å². The number of aliphatic hydroxyl groups is 3. The van der Waals surface area contributed by atoms with Crippen molar-refractivity contribution < 1.29 is 82.4 Å². The minimum Gasteiger partial charge on any atom is -0.480 e. The van der Waals surface area contributed by atoms with Crippen LogP contribution in [0.25, 0.3) is 0 Å². The first-order chi connectivity index (χ1) is 37.9. The number of nitrogens with zero attached hydrogens (tertiary/aromatic N) is 3. The number of carboxylic acid groups (broad SMARTS) is 1. The number of hydrogen-bond donors (Lipinski definition) is 7. The molecule has 0 aromatic heterocycles. The number of hydrogen-bond acceptors (Lipinski definition) is 16. The Labute approximate surface area is 469 Å². The Hall–Kier alpha value is -6.55. The number of aliphatic hydroxyl groups excluding tert-OH is 3. The lowest BCUT2D eigenvalue weighted by molar-refractivity contribution is -0.271. The number of likely N-dealkylation sites (tertiary alicyclic amines) is 1. The third-order valence-electron chi connectivity index (χ3n) is 15.0. The zero-order valence-electron chi connectivity index (χ0n) is 48.0. The average molecular weight is 1130 g/mol. The van der Waals surface area contributed by atoms with Crippen LogP contribution in [0.15, 0.2) is 48.5 Å². The van der Waals surface area contributed by atoms with Gasteiger partial charge in [0.1, 0.15) is 61.2 Å². The highest BCUT2D eigenvalue weighted by Crippen LogP contribution is 2.32. The number of rotatable bonds is 28. The zero-order chi connectivity index (χ0) is 59.7. The van der Waals surface area contributed by atoms with E-state index in [4.69, 9.17) is 34.8 Å². The molecule has 6 amide bonds. The van der Waals surface area contributed by atoms with Crippen molar-refractivity contribution >= 4 is 41.6 Å². The predicted octanol–water partition coefficient (Wildman–Crippen LogP) is 2.10. The molecule has 6 unspecified atom stereocenters. The number of likely N-dealkylation sites (N-methyl/N-ethyl adjacent to an activating group) is 3. The van der Waals surface area contributed by atoms with E-state index >= 15 is 0 Å². The first-order valence-corrected chi connectivity index (χ1v) is 27.0. The van der Waals surface area contributed by atoms with Crippen LogP contribution in [0.3, 0.4) is 0 Å². The van der Waals surface area contributed by atoms with Gasteiger partial charge in [-0.25, -0.2) is 9.59 Å². The maximum Gasteiger partial charge on any atom is 0.410 e. The Morgan fingerprint density at radius 3 is 2.11 bits per heavy atom. The third kappa shape index (κ3) is 16.8. The summed E-state index contributed by atoms with van der Waals surface area (Å²) in [6.07, 6.45) is -4.32. The molecule has 2 aliphatic rings. The van der Waals surface area contributed by atoms with Crippen LogP contribution in [0.1, 0.15) is 85.3 Å². The number of aliphatic carboxylic acids is 1. The summed E-state index contributed by atoms with van der Waals surface area (Å²) in [6, 6.07) is 9.25. The highest BCUT2D eigenvalue weighted by Gasteiger charge is 2.49. The molecule has 23 heteroatoms. The molecule has 2 saturated heterocycles. The summed E-state index contributed by atoms with van der Waals surface area (Å²) in [7, 11) is 7.48. The maximum atomic E-state index is 14.8. The number of methoxy groups -OCH3 is 2. The van der Waals surface area contributed by atoms with Gasteiger partial charge in [0.2, 0.25) is 35.8 Å². The largest absolute Gasteiger partial charge is 0.480 e. The number of carbonyl (C=O) groups excluding carboxylic acids is 6. The van der Waals surface area contributed by atoms with Crippen molar-refractivity contribution in [2.24, 2.45) is 23.7 Å².